The first-order valence-electron chi connectivity index (χ1n) is 6.31. The van der Waals surface area contributed by atoms with Crippen LogP contribution >= 0.6 is 11.6 Å². The Morgan fingerprint density at radius 3 is 2.60 bits per heavy atom. The SMILES string of the molecule is Cc1ccccn1.O=C(Nc1cc(Cl)ncn1)C1CC1. The average molecular weight is 291 g/mol. The van der Waals surface area contributed by atoms with E-state index in [-0.39, 0.29) is 11.8 Å². The lowest BCUT2D eigenvalue weighted by atomic mass is 10.4. The molecule has 1 aliphatic rings. The van der Waals surface area contributed by atoms with Gasteiger partial charge in [0.1, 0.15) is 17.3 Å². The number of aromatic nitrogens is 3. The summed E-state index contributed by atoms with van der Waals surface area (Å²) < 4.78 is 0. The number of hydrogen-bond donors (Lipinski definition) is 1. The van der Waals surface area contributed by atoms with Gasteiger partial charge >= 0.3 is 0 Å². The Labute approximate surface area is 122 Å². The molecule has 6 heteroatoms. The molecule has 0 spiro atoms. The molecule has 2 aromatic heterocycles. The van der Waals surface area contributed by atoms with Gasteiger partial charge in [0.25, 0.3) is 0 Å². The summed E-state index contributed by atoms with van der Waals surface area (Å²) in [6.45, 7) is 1.97. The number of aryl methyl sites for hydroxylation is 1. The maximum Gasteiger partial charge on any atom is 0.228 e. The molecule has 1 aliphatic carbocycles. The van der Waals surface area contributed by atoms with Gasteiger partial charge in [0.05, 0.1) is 0 Å². The van der Waals surface area contributed by atoms with Crippen molar-refractivity contribution < 1.29 is 4.79 Å². The highest BCUT2D eigenvalue weighted by Gasteiger charge is 2.29. The maximum absolute atomic E-state index is 11.3. The van der Waals surface area contributed by atoms with Gasteiger partial charge in [-0.15, -0.1) is 0 Å². The first-order valence-corrected chi connectivity index (χ1v) is 6.69. The summed E-state index contributed by atoms with van der Waals surface area (Å²) in [4.78, 5) is 22.8. The quantitative estimate of drug-likeness (QED) is 0.864. The number of carbonyl (C=O) groups is 1. The normalized spacial score (nSPS) is 13.1. The van der Waals surface area contributed by atoms with Crippen molar-refractivity contribution in [3.05, 3.63) is 47.6 Å². The molecule has 0 atom stereocenters. The topological polar surface area (TPSA) is 67.8 Å². The summed E-state index contributed by atoms with van der Waals surface area (Å²) in [5.41, 5.74) is 1.07. The van der Waals surface area contributed by atoms with Gasteiger partial charge in [0.2, 0.25) is 5.91 Å². The number of amides is 1. The summed E-state index contributed by atoms with van der Waals surface area (Å²) in [6, 6.07) is 7.39. The van der Waals surface area contributed by atoms with E-state index >= 15 is 0 Å². The van der Waals surface area contributed by atoms with Crippen molar-refractivity contribution in [1.82, 2.24) is 15.0 Å². The van der Waals surface area contributed by atoms with Crippen LogP contribution in [0.15, 0.2) is 36.8 Å². The predicted molar refractivity (Wildman–Crippen MR) is 77.4 cm³/mol. The van der Waals surface area contributed by atoms with Crippen molar-refractivity contribution in [2.45, 2.75) is 19.8 Å². The van der Waals surface area contributed by atoms with Crippen LogP contribution in [0.25, 0.3) is 0 Å². The highest BCUT2D eigenvalue weighted by molar-refractivity contribution is 6.29. The fourth-order valence-electron chi connectivity index (χ4n) is 1.42. The second kappa shape index (κ2) is 6.96. The fraction of sp³-hybridized carbons (Fsp3) is 0.286. The van der Waals surface area contributed by atoms with E-state index in [2.05, 4.69) is 20.3 Å². The Kier molecular flexibility index (Phi) is 5.01. The van der Waals surface area contributed by atoms with Crippen molar-refractivity contribution in [2.24, 2.45) is 5.92 Å². The lowest BCUT2D eigenvalue weighted by molar-refractivity contribution is -0.117. The minimum atomic E-state index is 0.0229. The van der Waals surface area contributed by atoms with Gasteiger partial charge in [-0.3, -0.25) is 9.78 Å². The van der Waals surface area contributed by atoms with Crippen molar-refractivity contribution in [3.8, 4) is 0 Å². The highest BCUT2D eigenvalue weighted by Crippen LogP contribution is 2.29. The molecule has 3 rings (SSSR count). The smallest absolute Gasteiger partial charge is 0.228 e. The van der Waals surface area contributed by atoms with Crippen LogP contribution in [0, 0.1) is 12.8 Å². The third-order valence-corrected chi connectivity index (χ3v) is 2.85. The predicted octanol–water partition coefficient (Wildman–Crippen LogP) is 2.87. The number of nitrogens with zero attached hydrogens (tertiary/aromatic N) is 3. The number of hydrogen-bond acceptors (Lipinski definition) is 4. The van der Waals surface area contributed by atoms with E-state index in [1.54, 1.807) is 6.20 Å². The molecule has 20 heavy (non-hydrogen) atoms. The van der Waals surface area contributed by atoms with Gasteiger partial charge in [-0.25, -0.2) is 9.97 Å². The first kappa shape index (κ1) is 14.4. The Bertz CT molecular complexity index is 572. The average Bonchev–Trinajstić information content (AvgIpc) is 3.24. The number of halogens is 1. The summed E-state index contributed by atoms with van der Waals surface area (Å²) in [5.74, 6) is 0.667. The van der Waals surface area contributed by atoms with Crippen LogP contribution < -0.4 is 5.32 Å². The standard InChI is InChI=1S/C8H8ClN3O.C6H7N/c9-6-3-7(11-4-10-6)12-8(13)5-1-2-5;1-6-4-2-3-5-7-6/h3-5H,1-2H2,(H,10,11,12,13);2-5H,1H3. The van der Waals surface area contributed by atoms with E-state index in [1.165, 1.54) is 12.4 Å². The molecular weight excluding hydrogens is 276 g/mol. The van der Waals surface area contributed by atoms with Gasteiger partial charge in [0, 0.05) is 23.9 Å². The molecule has 104 valence electrons. The van der Waals surface area contributed by atoms with Gasteiger partial charge < -0.3 is 5.32 Å². The molecule has 0 saturated heterocycles. The molecule has 1 amide bonds. The van der Waals surface area contributed by atoms with Crippen LogP contribution in [0.4, 0.5) is 5.82 Å². The molecule has 1 saturated carbocycles. The Hall–Kier alpha value is -2.01. The van der Waals surface area contributed by atoms with Crippen LogP contribution in [-0.4, -0.2) is 20.9 Å². The minimum absolute atomic E-state index is 0.0229. The van der Waals surface area contributed by atoms with Crippen LogP contribution in [0.1, 0.15) is 18.5 Å². The van der Waals surface area contributed by atoms with Crippen LogP contribution in [0.2, 0.25) is 5.15 Å². The van der Waals surface area contributed by atoms with Crippen LogP contribution in [0.3, 0.4) is 0 Å². The summed E-state index contributed by atoms with van der Waals surface area (Å²) in [5, 5.41) is 3.00. The Balaban J connectivity index is 0.000000178. The second-order valence-electron chi connectivity index (χ2n) is 4.46. The van der Waals surface area contributed by atoms with Crippen molar-refractivity contribution in [3.63, 3.8) is 0 Å². The van der Waals surface area contributed by atoms with Gasteiger partial charge in [0.15, 0.2) is 0 Å². The van der Waals surface area contributed by atoms with E-state index < -0.39 is 0 Å². The van der Waals surface area contributed by atoms with Gasteiger partial charge in [-0.2, -0.15) is 0 Å². The summed E-state index contributed by atoms with van der Waals surface area (Å²) in [6.07, 6.45) is 5.06. The molecule has 0 radical (unpaired) electrons. The number of pyridine rings is 1. The summed E-state index contributed by atoms with van der Waals surface area (Å²) in [7, 11) is 0. The Morgan fingerprint density at radius 1 is 1.30 bits per heavy atom. The molecule has 1 fully saturated rings. The first-order chi connectivity index (χ1) is 9.65. The van der Waals surface area contributed by atoms with E-state index in [0.717, 1.165) is 18.5 Å². The third-order valence-electron chi connectivity index (χ3n) is 2.65. The fourth-order valence-corrected chi connectivity index (χ4v) is 1.57. The molecule has 0 aliphatic heterocycles. The zero-order valence-electron chi connectivity index (χ0n) is 11.1. The zero-order chi connectivity index (χ0) is 14.4. The van der Waals surface area contributed by atoms with Crippen molar-refractivity contribution >= 4 is 23.3 Å². The molecular formula is C14H15ClN4O. The van der Waals surface area contributed by atoms with E-state index in [0.29, 0.717) is 11.0 Å². The van der Waals surface area contributed by atoms with E-state index in [1.807, 2.05) is 25.1 Å². The van der Waals surface area contributed by atoms with Gasteiger partial charge in [-0.05, 0) is 31.9 Å². The molecule has 1 N–H and O–H groups in total. The van der Waals surface area contributed by atoms with E-state index in [4.69, 9.17) is 11.6 Å². The van der Waals surface area contributed by atoms with Crippen LogP contribution in [-0.2, 0) is 4.79 Å². The minimum Gasteiger partial charge on any atom is -0.310 e. The lowest BCUT2D eigenvalue weighted by Crippen LogP contribution is -2.14. The number of nitrogens with one attached hydrogen (secondary N) is 1. The van der Waals surface area contributed by atoms with Crippen LogP contribution in [0.5, 0.6) is 0 Å². The van der Waals surface area contributed by atoms with Crippen molar-refractivity contribution in [1.29, 1.82) is 0 Å². The third kappa shape index (κ3) is 4.93. The molecule has 0 unspecified atom stereocenters. The monoisotopic (exact) mass is 290 g/mol. The molecule has 2 aromatic rings. The second-order valence-corrected chi connectivity index (χ2v) is 4.85. The number of rotatable bonds is 2. The number of anilines is 1. The summed E-state index contributed by atoms with van der Waals surface area (Å²) >= 11 is 5.62. The molecule has 2 heterocycles. The molecule has 5 nitrogen and oxygen atoms in total. The molecule has 0 bridgehead atoms. The van der Waals surface area contributed by atoms with Crippen molar-refractivity contribution in [2.75, 3.05) is 5.32 Å². The highest BCUT2D eigenvalue weighted by atomic mass is 35.5. The molecule has 0 aromatic carbocycles. The van der Waals surface area contributed by atoms with E-state index in [9.17, 15) is 4.79 Å². The maximum atomic E-state index is 11.3. The largest absolute Gasteiger partial charge is 0.310 e. The zero-order valence-corrected chi connectivity index (χ0v) is 11.8. The lowest BCUT2D eigenvalue weighted by Gasteiger charge is -2.01. The van der Waals surface area contributed by atoms with Gasteiger partial charge in [-0.1, -0.05) is 17.7 Å². The Morgan fingerprint density at radius 2 is 2.10 bits per heavy atom. The number of carbonyl (C=O) groups excluding carboxylic acids is 1.